The number of oxazole rings is 1. The predicted molar refractivity (Wildman–Crippen MR) is 94.6 cm³/mol. The lowest BCUT2D eigenvalue weighted by Crippen LogP contribution is -2.30. The van der Waals surface area contributed by atoms with Crippen LogP contribution in [0.5, 0.6) is 0 Å². The molecule has 0 spiro atoms. The van der Waals surface area contributed by atoms with Gasteiger partial charge in [0.2, 0.25) is 11.8 Å². The van der Waals surface area contributed by atoms with Crippen LogP contribution in [0.15, 0.2) is 34.7 Å². The van der Waals surface area contributed by atoms with Gasteiger partial charge in [0, 0.05) is 24.4 Å². The molecule has 3 rings (SSSR count). The van der Waals surface area contributed by atoms with E-state index in [1.807, 2.05) is 30.0 Å². The largest absolute Gasteiger partial charge is 0.442 e. The first kappa shape index (κ1) is 16.7. The number of hydrogen-bond donors (Lipinski definition) is 0. The molecule has 2 heterocycles. The van der Waals surface area contributed by atoms with E-state index < -0.39 is 0 Å². The highest BCUT2D eigenvalue weighted by Crippen LogP contribution is 2.37. The zero-order valence-electron chi connectivity index (χ0n) is 14.8. The summed E-state index contributed by atoms with van der Waals surface area (Å²) in [5, 5.41) is 0. The van der Waals surface area contributed by atoms with Gasteiger partial charge < -0.3 is 9.32 Å². The van der Waals surface area contributed by atoms with Gasteiger partial charge in [-0.15, -0.1) is 0 Å². The van der Waals surface area contributed by atoms with Crippen LogP contribution < -0.4 is 0 Å². The van der Waals surface area contributed by atoms with Gasteiger partial charge in [0.25, 0.3) is 0 Å². The minimum atomic E-state index is -0.0148. The van der Waals surface area contributed by atoms with Crippen LogP contribution in [0.25, 0.3) is 11.3 Å². The molecule has 0 bridgehead atoms. The molecule has 0 radical (unpaired) electrons. The van der Waals surface area contributed by atoms with Crippen LogP contribution in [0, 0.1) is 0 Å². The normalized spacial score (nSPS) is 17.7. The highest BCUT2D eigenvalue weighted by molar-refractivity contribution is 5.76. The van der Waals surface area contributed by atoms with Crippen molar-refractivity contribution in [1.29, 1.82) is 0 Å². The van der Waals surface area contributed by atoms with Crippen LogP contribution in [0.2, 0.25) is 0 Å². The second-order valence-electron chi connectivity index (χ2n) is 6.78. The number of benzene rings is 1. The Bertz CT molecular complexity index is 691. The molecule has 0 aliphatic carbocycles. The number of nitrogens with zero attached hydrogens (tertiary/aromatic N) is 2. The van der Waals surface area contributed by atoms with Crippen molar-refractivity contribution in [1.82, 2.24) is 9.88 Å². The second-order valence-corrected chi connectivity index (χ2v) is 6.78. The Kier molecular flexibility index (Phi) is 5.03. The Balaban J connectivity index is 1.95. The Morgan fingerprint density at radius 1 is 1.33 bits per heavy atom. The molecule has 1 aromatic heterocycles. The Hall–Kier alpha value is -2.10. The molecule has 0 N–H and O–H groups in total. The number of hydrogen-bond acceptors (Lipinski definition) is 3. The van der Waals surface area contributed by atoms with E-state index in [2.05, 4.69) is 26.0 Å². The SMILES string of the molecule is CCCC(=O)N1CCCC1c1nc(-c2ccccc2)c(C(C)C)o1. The number of likely N-dealkylation sites (tertiary alicyclic amines) is 1. The molecule has 1 fully saturated rings. The first-order valence-corrected chi connectivity index (χ1v) is 8.97. The van der Waals surface area contributed by atoms with Gasteiger partial charge in [-0.2, -0.15) is 0 Å². The minimum absolute atomic E-state index is 0.0148. The Morgan fingerprint density at radius 2 is 2.08 bits per heavy atom. The van der Waals surface area contributed by atoms with Gasteiger partial charge in [-0.05, 0) is 19.3 Å². The van der Waals surface area contributed by atoms with E-state index in [4.69, 9.17) is 9.40 Å². The lowest BCUT2D eigenvalue weighted by atomic mass is 10.0. The summed E-state index contributed by atoms with van der Waals surface area (Å²) in [6.45, 7) is 7.08. The summed E-state index contributed by atoms with van der Waals surface area (Å²) in [6.07, 6.45) is 3.42. The lowest BCUT2D eigenvalue weighted by molar-refractivity contribution is -0.132. The molecular weight excluding hydrogens is 300 g/mol. The zero-order valence-corrected chi connectivity index (χ0v) is 14.8. The van der Waals surface area contributed by atoms with Gasteiger partial charge in [-0.3, -0.25) is 4.79 Å². The predicted octanol–water partition coefficient (Wildman–Crippen LogP) is 4.93. The maximum Gasteiger partial charge on any atom is 0.223 e. The van der Waals surface area contributed by atoms with E-state index in [1.54, 1.807) is 0 Å². The summed E-state index contributed by atoms with van der Waals surface area (Å²) in [5.41, 5.74) is 1.98. The van der Waals surface area contributed by atoms with Crippen LogP contribution in [-0.4, -0.2) is 22.3 Å². The summed E-state index contributed by atoms with van der Waals surface area (Å²) < 4.78 is 6.17. The van der Waals surface area contributed by atoms with Crippen molar-refractivity contribution in [3.63, 3.8) is 0 Å². The standard InChI is InChI=1S/C20H26N2O2/c1-4-9-17(23)22-13-8-12-16(22)20-21-18(19(24-20)14(2)3)15-10-6-5-7-11-15/h5-7,10-11,14,16H,4,8-9,12-13H2,1-3H3. The Morgan fingerprint density at radius 3 is 2.75 bits per heavy atom. The molecule has 1 aliphatic rings. The topological polar surface area (TPSA) is 46.3 Å². The summed E-state index contributed by atoms with van der Waals surface area (Å²) in [6, 6.07) is 10.1. The fraction of sp³-hybridized carbons (Fsp3) is 0.500. The average Bonchev–Trinajstić information content (AvgIpc) is 3.22. The van der Waals surface area contributed by atoms with Crippen LogP contribution in [-0.2, 0) is 4.79 Å². The van der Waals surface area contributed by atoms with Crippen molar-refractivity contribution in [2.45, 2.75) is 58.4 Å². The Labute approximate surface area is 143 Å². The van der Waals surface area contributed by atoms with Crippen LogP contribution in [0.4, 0.5) is 0 Å². The molecule has 2 aromatic rings. The molecule has 1 aliphatic heterocycles. The molecule has 1 saturated heterocycles. The van der Waals surface area contributed by atoms with Gasteiger partial charge >= 0.3 is 0 Å². The monoisotopic (exact) mass is 326 g/mol. The summed E-state index contributed by atoms with van der Waals surface area (Å²) in [4.78, 5) is 19.1. The van der Waals surface area contributed by atoms with Crippen molar-refractivity contribution in [3.05, 3.63) is 42.0 Å². The van der Waals surface area contributed by atoms with E-state index in [0.717, 1.165) is 42.8 Å². The van der Waals surface area contributed by atoms with E-state index in [9.17, 15) is 4.79 Å². The lowest BCUT2D eigenvalue weighted by Gasteiger charge is -2.22. The zero-order chi connectivity index (χ0) is 17.1. The number of carbonyl (C=O) groups is 1. The average molecular weight is 326 g/mol. The van der Waals surface area contributed by atoms with Crippen molar-refractivity contribution < 1.29 is 9.21 Å². The molecule has 1 aromatic carbocycles. The van der Waals surface area contributed by atoms with Gasteiger partial charge in [-0.1, -0.05) is 51.1 Å². The highest BCUT2D eigenvalue weighted by atomic mass is 16.4. The van der Waals surface area contributed by atoms with Gasteiger partial charge in [0.15, 0.2) is 0 Å². The summed E-state index contributed by atoms with van der Waals surface area (Å²) in [7, 11) is 0. The molecule has 1 amide bonds. The first-order chi connectivity index (χ1) is 11.6. The molecule has 24 heavy (non-hydrogen) atoms. The molecule has 4 heteroatoms. The van der Waals surface area contributed by atoms with Crippen LogP contribution >= 0.6 is 0 Å². The third-order valence-electron chi connectivity index (χ3n) is 4.56. The molecule has 1 atom stereocenters. The van der Waals surface area contributed by atoms with Crippen molar-refractivity contribution in [3.8, 4) is 11.3 Å². The van der Waals surface area contributed by atoms with Crippen LogP contribution in [0.3, 0.4) is 0 Å². The number of amides is 1. The van der Waals surface area contributed by atoms with Gasteiger partial charge in [0.1, 0.15) is 17.5 Å². The number of carbonyl (C=O) groups excluding carboxylic acids is 1. The molecule has 0 saturated carbocycles. The third-order valence-corrected chi connectivity index (χ3v) is 4.56. The number of rotatable bonds is 5. The van der Waals surface area contributed by atoms with E-state index >= 15 is 0 Å². The second kappa shape index (κ2) is 7.20. The number of aromatic nitrogens is 1. The maximum absolute atomic E-state index is 12.4. The summed E-state index contributed by atoms with van der Waals surface area (Å²) >= 11 is 0. The first-order valence-electron chi connectivity index (χ1n) is 8.97. The third kappa shape index (κ3) is 3.23. The summed E-state index contributed by atoms with van der Waals surface area (Å²) in [5.74, 6) is 2.07. The molecule has 128 valence electrons. The quantitative estimate of drug-likeness (QED) is 0.782. The van der Waals surface area contributed by atoms with Crippen molar-refractivity contribution in [2.24, 2.45) is 0 Å². The van der Waals surface area contributed by atoms with E-state index in [1.165, 1.54) is 0 Å². The fourth-order valence-corrected chi connectivity index (χ4v) is 3.37. The van der Waals surface area contributed by atoms with E-state index in [0.29, 0.717) is 12.3 Å². The fourth-order valence-electron chi connectivity index (χ4n) is 3.37. The molecular formula is C20H26N2O2. The van der Waals surface area contributed by atoms with Crippen LogP contribution in [0.1, 0.15) is 70.1 Å². The van der Waals surface area contributed by atoms with Gasteiger partial charge in [-0.25, -0.2) is 4.98 Å². The minimum Gasteiger partial charge on any atom is -0.442 e. The van der Waals surface area contributed by atoms with Gasteiger partial charge in [0.05, 0.1) is 0 Å². The maximum atomic E-state index is 12.4. The van der Waals surface area contributed by atoms with E-state index in [-0.39, 0.29) is 17.9 Å². The van der Waals surface area contributed by atoms with Crippen molar-refractivity contribution in [2.75, 3.05) is 6.54 Å². The van der Waals surface area contributed by atoms with Crippen molar-refractivity contribution >= 4 is 5.91 Å². The molecule has 4 nitrogen and oxygen atoms in total. The highest BCUT2D eigenvalue weighted by Gasteiger charge is 2.34. The molecule has 1 unspecified atom stereocenters. The smallest absolute Gasteiger partial charge is 0.223 e.